The Bertz CT molecular complexity index is 1620. The first-order valence-corrected chi connectivity index (χ1v) is 13.0. The van der Waals surface area contributed by atoms with E-state index in [-0.39, 0.29) is 11.9 Å². The average Bonchev–Trinajstić information content (AvgIpc) is 3.48. The van der Waals surface area contributed by atoms with Crippen LogP contribution in [0.3, 0.4) is 0 Å². The van der Waals surface area contributed by atoms with Gasteiger partial charge in [0.1, 0.15) is 28.6 Å². The molecule has 0 amide bonds. The van der Waals surface area contributed by atoms with Crippen LogP contribution in [0.2, 0.25) is 5.02 Å². The van der Waals surface area contributed by atoms with Gasteiger partial charge in [-0.25, -0.2) is 27.5 Å². The number of fused-ring (bicyclic) bond motifs is 1. The number of nitrogens with one attached hydrogen (secondary N) is 1. The van der Waals surface area contributed by atoms with E-state index in [1.54, 1.807) is 4.68 Å². The highest BCUT2D eigenvalue weighted by Gasteiger charge is 2.33. The molecule has 0 aliphatic heterocycles. The number of benzene rings is 2. The van der Waals surface area contributed by atoms with Crippen LogP contribution in [-0.2, 0) is 16.2 Å². The number of halogens is 5. The van der Waals surface area contributed by atoms with Gasteiger partial charge in [0.25, 0.3) is 10.0 Å². The number of anilines is 2. The molecule has 1 fully saturated rings. The molecule has 8 nitrogen and oxygen atoms in total. The lowest BCUT2D eigenvalue weighted by molar-refractivity contribution is -0.137. The summed E-state index contributed by atoms with van der Waals surface area (Å²) in [4.78, 5) is 7.51. The van der Waals surface area contributed by atoms with Gasteiger partial charge in [-0.3, -0.25) is 4.72 Å². The number of rotatable bonds is 5. The molecule has 0 radical (unpaired) electrons. The summed E-state index contributed by atoms with van der Waals surface area (Å²) < 4.78 is 83.7. The first-order valence-electron chi connectivity index (χ1n) is 11.1. The summed E-state index contributed by atoms with van der Waals surface area (Å²) in [6.45, 7) is 0. The topological polar surface area (TPSA) is 116 Å². The Morgan fingerprint density at radius 2 is 1.81 bits per heavy atom. The molecule has 0 atom stereocenters. The van der Waals surface area contributed by atoms with E-state index >= 15 is 4.39 Å². The fraction of sp³-hybridized carbons (Fsp3) is 0.261. The van der Waals surface area contributed by atoms with Crippen molar-refractivity contribution < 1.29 is 26.0 Å². The maximum absolute atomic E-state index is 15.1. The van der Waals surface area contributed by atoms with E-state index in [1.165, 1.54) is 12.4 Å². The first kappa shape index (κ1) is 25.2. The number of sulfonamides is 1. The second-order valence-electron chi connectivity index (χ2n) is 8.63. The highest BCUT2D eigenvalue weighted by Crippen LogP contribution is 2.38. The van der Waals surface area contributed by atoms with Crippen molar-refractivity contribution in [3.8, 4) is 11.3 Å². The normalized spacial score (nSPS) is 14.9. The third kappa shape index (κ3) is 4.68. The molecule has 14 heteroatoms. The summed E-state index contributed by atoms with van der Waals surface area (Å²) in [5.74, 6) is -0.822. The van der Waals surface area contributed by atoms with Crippen molar-refractivity contribution in [3.05, 3.63) is 59.1 Å². The maximum atomic E-state index is 15.1. The van der Waals surface area contributed by atoms with Crippen LogP contribution in [0.5, 0.6) is 0 Å². The highest BCUT2D eigenvalue weighted by molar-refractivity contribution is 7.92. The van der Waals surface area contributed by atoms with Crippen LogP contribution in [0.25, 0.3) is 22.3 Å². The Labute approximate surface area is 213 Å². The number of hydrogen-bond acceptors (Lipinski definition) is 6. The molecule has 5 rings (SSSR count). The van der Waals surface area contributed by atoms with Crippen molar-refractivity contribution in [2.24, 2.45) is 0 Å². The zero-order valence-corrected chi connectivity index (χ0v) is 20.5. The van der Waals surface area contributed by atoms with Gasteiger partial charge in [-0.15, -0.1) is 0 Å². The first-order chi connectivity index (χ1) is 17.5. The van der Waals surface area contributed by atoms with Gasteiger partial charge in [-0.1, -0.05) is 30.5 Å². The Morgan fingerprint density at radius 1 is 1.08 bits per heavy atom. The van der Waals surface area contributed by atoms with Gasteiger partial charge in [0.15, 0.2) is 5.65 Å². The lowest BCUT2D eigenvalue weighted by atomic mass is 10.1. The van der Waals surface area contributed by atoms with Crippen LogP contribution in [0, 0.1) is 5.82 Å². The van der Waals surface area contributed by atoms with E-state index in [0.717, 1.165) is 43.9 Å². The van der Waals surface area contributed by atoms with Gasteiger partial charge in [0.05, 0.1) is 27.7 Å². The summed E-state index contributed by atoms with van der Waals surface area (Å²) in [6, 6.07) is 5.59. The molecule has 1 saturated carbocycles. The Kier molecular flexibility index (Phi) is 6.23. The van der Waals surface area contributed by atoms with Gasteiger partial charge < -0.3 is 5.73 Å². The number of nitrogen functional groups attached to an aromatic ring is 1. The van der Waals surface area contributed by atoms with Gasteiger partial charge in [-0.2, -0.15) is 18.3 Å². The van der Waals surface area contributed by atoms with Crippen molar-refractivity contribution in [2.45, 2.75) is 42.8 Å². The number of aromatic nitrogens is 4. The molecule has 37 heavy (non-hydrogen) atoms. The molecule has 194 valence electrons. The van der Waals surface area contributed by atoms with E-state index in [2.05, 4.69) is 15.1 Å². The Hall–Kier alpha value is -3.45. The lowest BCUT2D eigenvalue weighted by Crippen LogP contribution is -2.16. The minimum atomic E-state index is -4.79. The predicted octanol–water partition coefficient (Wildman–Crippen LogP) is 5.80. The van der Waals surface area contributed by atoms with Crippen LogP contribution in [-0.4, -0.2) is 28.2 Å². The quantitative estimate of drug-likeness (QED) is 0.301. The number of alkyl halides is 3. The molecule has 2 aromatic carbocycles. The molecular weight excluding hydrogens is 536 g/mol. The molecule has 0 saturated heterocycles. The fourth-order valence-electron chi connectivity index (χ4n) is 4.43. The standard InChI is InChI=1S/C23H19ClF4N6O2S/c24-15-7-6-13(23(26,27)28)10-18(15)37(35,36)33-17-8-5-12(9-16(17)25)20-19-21(29)30-11-31-22(19)34(32-20)14-3-1-2-4-14/h5-11,14,33H,1-4H2,(H2,29,30,31). The monoisotopic (exact) mass is 554 g/mol. The maximum Gasteiger partial charge on any atom is 0.416 e. The van der Waals surface area contributed by atoms with Crippen LogP contribution in [0.15, 0.2) is 47.6 Å². The van der Waals surface area contributed by atoms with E-state index in [9.17, 15) is 21.6 Å². The molecule has 0 bridgehead atoms. The summed E-state index contributed by atoms with van der Waals surface area (Å²) in [7, 11) is -4.66. The molecule has 2 aromatic heterocycles. The SMILES string of the molecule is Nc1ncnc2c1c(-c1ccc(NS(=O)(=O)c3cc(C(F)(F)F)ccc3Cl)c(F)c1)nn2C1CCCC1. The Balaban J connectivity index is 1.52. The van der Waals surface area contributed by atoms with E-state index in [0.29, 0.717) is 34.4 Å². The van der Waals surface area contributed by atoms with E-state index in [1.807, 2.05) is 4.72 Å². The number of nitrogens with two attached hydrogens (primary N) is 1. The third-order valence-electron chi connectivity index (χ3n) is 6.22. The van der Waals surface area contributed by atoms with Crippen LogP contribution >= 0.6 is 11.6 Å². The summed E-state index contributed by atoms with van der Waals surface area (Å²) in [5, 5.41) is 4.64. The fourth-order valence-corrected chi connectivity index (χ4v) is 6.03. The van der Waals surface area contributed by atoms with Crippen molar-refractivity contribution in [2.75, 3.05) is 10.5 Å². The van der Waals surface area contributed by atoms with E-state index < -0.39 is 43.2 Å². The second kappa shape index (κ2) is 9.14. The van der Waals surface area contributed by atoms with E-state index in [4.69, 9.17) is 17.3 Å². The molecule has 1 aliphatic rings. The molecule has 3 N–H and O–H groups in total. The van der Waals surface area contributed by atoms with Gasteiger partial charge >= 0.3 is 6.18 Å². The van der Waals surface area contributed by atoms with Crippen LogP contribution in [0.4, 0.5) is 29.1 Å². The molecule has 0 unspecified atom stereocenters. The zero-order chi connectivity index (χ0) is 26.5. The second-order valence-corrected chi connectivity index (χ2v) is 10.7. The number of hydrogen-bond donors (Lipinski definition) is 2. The molecule has 0 spiro atoms. The smallest absolute Gasteiger partial charge is 0.383 e. The van der Waals surface area contributed by atoms with Gasteiger partial charge in [-0.05, 0) is 43.2 Å². The lowest BCUT2D eigenvalue weighted by Gasteiger charge is -2.13. The number of nitrogens with zero attached hydrogens (tertiary/aromatic N) is 4. The third-order valence-corrected chi connectivity index (χ3v) is 8.07. The van der Waals surface area contributed by atoms with Gasteiger partial charge in [0.2, 0.25) is 0 Å². The minimum Gasteiger partial charge on any atom is -0.383 e. The van der Waals surface area contributed by atoms with Crippen molar-refractivity contribution in [1.29, 1.82) is 0 Å². The van der Waals surface area contributed by atoms with Gasteiger partial charge in [0, 0.05) is 5.56 Å². The highest BCUT2D eigenvalue weighted by atomic mass is 35.5. The largest absolute Gasteiger partial charge is 0.416 e. The predicted molar refractivity (Wildman–Crippen MR) is 130 cm³/mol. The van der Waals surface area contributed by atoms with Crippen molar-refractivity contribution >= 4 is 44.2 Å². The average molecular weight is 555 g/mol. The molecule has 4 aromatic rings. The Morgan fingerprint density at radius 3 is 2.49 bits per heavy atom. The minimum absolute atomic E-state index is 0.110. The summed E-state index contributed by atoms with van der Waals surface area (Å²) in [5.41, 5.74) is 5.53. The zero-order valence-electron chi connectivity index (χ0n) is 18.9. The van der Waals surface area contributed by atoms with Crippen molar-refractivity contribution in [1.82, 2.24) is 19.7 Å². The van der Waals surface area contributed by atoms with Crippen molar-refractivity contribution in [3.63, 3.8) is 0 Å². The summed E-state index contributed by atoms with van der Waals surface area (Å²) in [6.07, 6.45) is 0.438. The summed E-state index contributed by atoms with van der Waals surface area (Å²) >= 11 is 5.85. The van der Waals surface area contributed by atoms with Crippen LogP contribution in [0.1, 0.15) is 37.3 Å². The van der Waals surface area contributed by atoms with Crippen LogP contribution < -0.4 is 10.5 Å². The molecule has 1 aliphatic carbocycles. The molecule has 2 heterocycles. The molecular formula is C23H19ClF4N6O2S.